The van der Waals surface area contributed by atoms with Gasteiger partial charge in [0, 0.05) is 22.6 Å². The van der Waals surface area contributed by atoms with Crippen molar-refractivity contribution in [1.29, 1.82) is 5.26 Å². The summed E-state index contributed by atoms with van der Waals surface area (Å²) in [5.41, 5.74) is 2.00. The first kappa shape index (κ1) is 18.7. The van der Waals surface area contributed by atoms with Crippen LogP contribution in [0.3, 0.4) is 0 Å². The molecule has 0 radical (unpaired) electrons. The van der Waals surface area contributed by atoms with E-state index in [4.69, 9.17) is 27.9 Å². The minimum atomic E-state index is -0.559. The van der Waals surface area contributed by atoms with Gasteiger partial charge in [-0.25, -0.2) is 0 Å². The zero-order chi connectivity index (χ0) is 18.4. The highest BCUT2D eigenvalue weighted by molar-refractivity contribution is 6.32. The molecule has 5 nitrogen and oxygen atoms in total. The Kier molecular flexibility index (Phi) is 6.29. The summed E-state index contributed by atoms with van der Waals surface area (Å²) in [5.74, 6) is -0.0651. The number of amides is 1. The van der Waals surface area contributed by atoms with Gasteiger partial charge < -0.3 is 15.4 Å². The summed E-state index contributed by atoms with van der Waals surface area (Å²) in [6.45, 7) is 1.89. The molecule has 0 bridgehead atoms. The Labute approximate surface area is 155 Å². The van der Waals surface area contributed by atoms with Crippen molar-refractivity contribution in [3.05, 3.63) is 63.8 Å². The van der Waals surface area contributed by atoms with Crippen LogP contribution < -0.4 is 15.4 Å². The number of halogens is 2. The third-order valence-electron chi connectivity index (χ3n) is 3.35. The summed E-state index contributed by atoms with van der Waals surface area (Å²) in [7, 11) is 1.50. The Balaban J connectivity index is 2.14. The maximum Gasteiger partial charge on any atom is 0.267 e. The topological polar surface area (TPSA) is 74.1 Å². The lowest BCUT2D eigenvalue weighted by molar-refractivity contribution is -0.112. The molecular weight excluding hydrogens is 361 g/mol. The normalized spacial score (nSPS) is 10.8. The molecule has 2 aromatic carbocycles. The standard InChI is InChI=1S/C18H15Cl2N3O2/c1-11-3-4-13(19)7-16(11)22-10-12(9-21)18(24)23-14-5-6-17(25-2)15(20)8-14/h3-8,10,22H,1-2H3,(H,23,24)/b12-10-. The molecular formula is C18H15Cl2N3O2. The fraction of sp³-hybridized carbons (Fsp3) is 0.111. The van der Waals surface area contributed by atoms with E-state index in [1.807, 2.05) is 19.1 Å². The van der Waals surface area contributed by atoms with Crippen LogP contribution in [0, 0.1) is 18.3 Å². The van der Waals surface area contributed by atoms with Crippen molar-refractivity contribution in [3.8, 4) is 11.8 Å². The fourth-order valence-corrected chi connectivity index (χ4v) is 2.42. The molecule has 128 valence electrons. The molecule has 0 aliphatic heterocycles. The van der Waals surface area contributed by atoms with Crippen molar-refractivity contribution < 1.29 is 9.53 Å². The van der Waals surface area contributed by atoms with Gasteiger partial charge in [0.1, 0.15) is 17.4 Å². The van der Waals surface area contributed by atoms with Crippen LogP contribution in [0.5, 0.6) is 5.75 Å². The van der Waals surface area contributed by atoms with E-state index in [9.17, 15) is 10.1 Å². The van der Waals surface area contributed by atoms with E-state index in [-0.39, 0.29) is 5.57 Å². The molecule has 1 amide bonds. The molecule has 0 aliphatic rings. The minimum Gasteiger partial charge on any atom is -0.495 e. The number of methoxy groups -OCH3 is 1. The monoisotopic (exact) mass is 375 g/mol. The number of aryl methyl sites for hydroxylation is 1. The maximum absolute atomic E-state index is 12.2. The molecule has 7 heteroatoms. The molecule has 25 heavy (non-hydrogen) atoms. The van der Waals surface area contributed by atoms with Crippen LogP contribution in [0.15, 0.2) is 48.2 Å². The molecule has 0 fully saturated rings. The lowest BCUT2D eigenvalue weighted by atomic mass is 10.2. The molecule has 0 saturated heterocycles. The zero-order valence-electron chi connectivity index (χ0n) is 13.6. The third kappa shape index (κ3) is 4.90. The molecule has 0 spiro atoms. The lowest BCUT2D eigenvalue weighted by Gasteiger charge is -2.09. The summed E-state index contributed by atoms with van der Waals surface area (Å²) >= 11 is 12.0. The summed E-state index contributed by atoms with van der Waals surface area (Å²) < 4.78 is 5.05. The first-order valence-electron chi connectivity index (χ1n) is 7.22. The summed E-state index contributed by atoms with van der Waals surface area (Å²) in [5, 5.41) is 15.7. The van der Waals surface area contributed by atoms with Gasteiger partial charge in [0.2, 0.25) is 0 Å². The number of carbonyl (C=O) groups is 1. The number of rotatable bonds is 5. The predicted molar refractivity (Wildman–Crippen MR) is 100 cm³/mol. The highest BCUT2D eigenvalue weighted by Gasteiger charge is 2.11. The number of hydrogen-bond acceptors (Lipinski definition) is 4. The van der Waals surface area contributed by atoms with Crippen LogP contribution in [0.4, 0.5) is 11.4 Å². The lowest BCUT2D eigenvalue weighted by Crippen LogP contribution is -2.14. The van der Waals surface area contributed by atoms with Crippen LogP contribution in [0.25, 0.3) is 0 Å². The molecule has 2 aromatic rings. The summed E-state index contributed by atoms with van der Waals surface area (Å²) in [6, 6.07) is 12.0. The maximum atomic E-state index is 12.2. The van der Waals surface area contributed by atoms with E-state index >= 15 is 0 Å². The first-order chi connectivity index (χ1) is 11.9. The van der Waals surface area contributed by atoms with Crippen LogP contribution in [0.1, 0.15) is 5.56 Å². The Morgan fingerprint density at radius 2 is 2.00 bits per heavy atom. The van der Waals surface area contributed by atoms with Gasteiger partial charge in [0.05, 0.1) is 12.1 Å². The number of nitriles is 1. The quantitative estimate of drug-likeness (QED) is 0.582. The van der Waals surface area contributed by atoms with Gasteiger partial charge in [-0.2, -0.15) is 5.26 Å². The number of nitrogens with one attached hydrogen (secondary N) is 2. The SMILES string of the molecule is COc1ccc(NC(=O)/C(C#N)=C\Nc2cc(Cl)ccc2C)cc1Cl. The largest absolute Gasteiger partial charge is 0.495 e. The number of nitrogens with zero attached hydrogens (tertiary/aromatic N) is 1. The predicted octanol–water partition coefficient (Wildman–Crippen LogP) is 4.77. The second-order valence-corrected chi connectivity index (χ2v) is 5.92. The van der Waals surface area contributed by atoms with Crippen molar-refractivity contribution in [1.82, 2.24) is 0 Å². The van der Waals surface area contributed by atoms with E-state index in [1.54, 1.807) is 30.3 Å². The van der Waals surface area contributed by atoms with E-state index in [0.717, 1.165) is 5.56 Å². The smallest absolute Gasteiger partial charge is 0.267 e. The van der Waals surface area contributed by atoms with Gasteiger partial charge in [0.15, 0.2) is 0 Å². The molecule has 0 aliphatic carbocycles. The fourth-order valence-electron chi connectivity index (χ4n) is 1.99. The van der Waals surface area contributed by atoms with E-state index in [0.29, 0.717) is 27.2 Å². The number of ether oxygens (including phenoxy) is 1. The van der Waals surface area contributed by atoms with E-state index < -0.39 is 5.91 Å². The number of benzene rings is 2. The molecule has 0 saturated carbocycles. The number of carbonyl (C=O) groups excluding carboxylic acids is 1. The van der Waals surface area contributed by atoms with Crippen LogP contribution in [0.2, 0.25) is 10.0 Å². The van der Waals surface area contributed by atoms with E-state index in [1.165, 1.54) is 13.3 Å². The molecule has 0 unspecified atom stereocenters. The first-order valence-corrected chi connectivity index (χ1v) is 7.98. The number of hydrogen-bond donors (Lipinski definition) is 2. The molecule has 0 heterocycles. The van der Waals surface area contributed by atoms with Gasteiger partial charge in [0.25, 0.3) is 5.91 Å². The van der Waals surface area contributed by atoms with Gasteiger partial charge >= 0.3 is 0 Å². The van der Waals surface area contributed by atoms with E-state index in [2.05, 4.69) is 10.6 Å². The summed E-state index contributed by atoms with van der Waals surface area (Å²) in [6.07, 6.45) is 1.33. The number of anilines is 2. The highest BCUT2D eigenvalue weighted by Crippen LogP contribution is 2.27. The highest BCUT2D eigenvalue weighted by atomic mass is 35.5. The van der Waals surface area contributed by atoms with Crippen molar-refractivity contribution in [2.45, 2.75) is 6.92 Å². The second kappa shape index (κ2) is 8.43. The Morgan fingerprint density at radius 1 is 1.24 bits per heavy atom. The average molecular weight is 376 g/mol. The van der Waals surface area contributed by atoms with Gasteiger partial charge in [-0.1, -0.05) is 29.3 Å². The minimum absolute atomic E-state index is 0.0914. The Bertz CT molecular complexity index is 873. The van der Waals surface area contributed by atoms with Crippen molar-refractivity contribution in [3.63, 3.8) is 0 Å². The Hall–Kier alpha value is -2.68. The second-order valence-electron chi connectivity index (χ2n) is 5.08. The molecule has 2 N–H and O–H groups in total. The van der Waals surface area contributed by atoms with Crippen LogP contribution in [-0.2, 0) is 4.79 Å². The van der Waals surface area contributed by atoms with Gasteiger partial charge in [-0.15, -0.1) is 0 Å². The van der Waals surface area contributed by atoms with Crippen molar-refractivity contribution in [2.24, 2.45) is 0 Å². The van der Waals surface area contributed by atoms with Crippen molar-refractivity contribution in [2.75, 3.05) is 17.7 Å². The molecule has 0 aromatic heterocycles. The van der Waals surface area contributed by atoms with Gasteiger partial charge in [-0.05, 0) is 42.8 Å². The van der Waals surface area contributed by atoms with Crippen LogP contribution in [-0.4, -0.2) is 13.0 Å². The molecule has 0 atom stereocenters. The zero-order valence-corrected chi connectivity index (χ0v) is 15.1. The average Bonchev–Trinajstić information content (AvgIpc) is 2.58. The molecule has 2 rings (SSSR count). The van der Waals surface area contributed by atoms with Crippen molar-refractivity contribution >= 4 is 40.5 Å². The Morgan fingerprint density at radius 3 is 2.64 bits per heavy atom. The summed E-state index contributed by atoms with van der Waals surface area (Å²) in [4.78, 5) is 12.2. The van der Waals surface area contributed by atoms with Crippen LogP contribution >= 0.6 is 23.2 Å². The third-order valence-corrected chi connectivity index (χ3v) is 3.88. The van der Waals surface area contributed by atoms with Gasteiger partial charge in [-0.3, -0.25) is 4.79 Å².